The van der Waals surface area contributed by atoms with Crippen molar-refractivity contribution in [2.75, 3.05) is 13.1 Å². The molecule has 1 aliphatic heterocycles. The van der Waals surface area contributed by atoms with Crippen molar-refractivity contribution in [2.45, 2.75) is 0 Å². The highest BCUT2D eigenvalue weighted by molar-refractivity contribution is 6.35. The maximum atomic E-state index is 10.8. The maximum absolute atomic E-state index is 10.8. The molecule has 0 spiro atoms. The SMILES string of the molecule is O=NN1CCN(N=O)C(=O)C1=O. The first-order chi connectivity index (χ1) is 5.70. The number of amides is 2. The van der Waals surface area contributed by atoms with Gasteiger partial charge in [0.1, 0.15) is 0 Å². The van der Waals surface area contributed by atoms with Crippen molar-refractivity contribution in [1.82, 2.24) is 10.0 Å². The van der Waals surface area contributed by atoms with Crippen LogP contribution in [0.2, 0.25) is 0 Å². The van der Waals surface area contributed by atoms with Crippen LogP contribution < -0.4 is 0 Å². The van der Waals surface area contributed by atoms with E-state index in [1.54, 1.807) is 0 Å². The molecule has 0 N–H and O–H groups in total. The lowest BCUT2D eigenvalue weighted by molar-refractivity contribution is -0.156. The van der Waals surface area contributed by atoms with E-state index in [1.165, 1.54) is 0 Å². The molecule has 0 aromatic heterocycles. The highest BCUT2D eigenvalue weighted by atomic mass is 16.3. The fourth-order valence-corrected chi connectivity index (χ4v) is 0.769. The van der Waals surface area contributed by atoms with Crippen LogP contribution >= 0.6 is 0 Å². The van der Waals surface area contributed by atoms with Gasteiger partial charge in [-0.2, -0.15) is 10.0 Å². The van der Waals surface area contributed by atoms with E-state index in [1.807, 2.05) is 0 Å². The van der Waals surface area contributed by atoms with Crippen molar-refractivity contribution in [1.29, 1.82) is 0 Å². The average molecular weight is 172 g/mol. The summed E-state index contributed by atoms with van der Waals surface area (Å²) in [5.74, 6) is -2.26. The van der Waals surface area contributed by atoms with Crippen LogP contribution in [-0.2, 0) is 9.59 Å². The largest absolute Gasteiger partial charge is 0.336 e. The molecule has 0 saturated carbocycles. The summed E-state index contributed by atoms with van der Waals surface area (Å²) in [5, 5.41) is 5.48. The molecule has 0 unspecified atom stereocenters. The zero-order chi connectivity index (χ0) is 9.14. The van der Waals surface area contributed by atoms with Gasteiger partial charge in [0.15, 0.2) is 0 Å². The van der Waals surface area contributed by atoms with Crippen molar-refractivity contribution in [2.24, 2.45) is 10.6 Å². The minimum absolute atomic E-state index is 0.0974. The van der Waals surface area contributed by atoms with Gasteiger partial charge in [-0.1, -0.05) is 0 Å². The Hall–Kier alpha value is -1.86. The van der Waals surface area contributed by atoms with Crippen molar-refractivity contribution in [3.05, 3.63) is 9.81 Å². The lowest BCUT2D eigenvalue weighted by Crippen LogP contribution is -2.49. The van der Waals surface area contributed by atoms with E-state index in [-0.39, 0.29) is 13.1 Å². The summed E-state index contributed by atoms with van der Waals surface area (Å²) in [7, 11) is 0. The molecule has 12 heavy (non-hydrogen) atoms. The van der Waals surface area contributed by atoms with Gasteiger partial charge in [-0.3, -0.25) is 9.59 Å². The van der Waals surface area contributed by atoms with Gasteiger partial charge >= 0.3 is 11.8 Å². The molecule has 0 aromatic carbocycles. The van der Waals surface area contributed by atoms with E-state index in [2.05, 4.69) is 10.6 Å². The van der Waals surface area contributed by atoms with Crippen LogP contribution in [0.4, 0.5) is 0 Å². The molecule has 64 valence electrons. The van der Waals surface area contributed by atoms with Gasteiger partial charge in [-0.25, -0.2) is 0 Å². The number of hydrogen-bond acceptors (Lipinski definition) is 6. The second-order valence-electron chi connectivity index (χ2n) is 2.02. The Morgan fingerprint density at radius 3 is 1.50 bits per heavy atom. The van der Waals surface area contributed by atoms with Gasteiger partial charge in [0.2, 0.25) is 0 Å². The summed E-state index contributed by atoms with van der Waals surface area (Å²) in [6.07, 6.45) is 0. The number of rotatable bonds is 2. The predicted octanol–water partition coefficient (Wildman–Crippen LogP) is -0.980. The van der Waals surface area contributed by atoms with Crippen LogP contribution in [0.3, 0.4) is 0 Å². The molecule has 1 aliphatic rings. The molecule has 0 aliphatic carbocycles. The molecule has 8 nitrogen and oxygen atoms in total. The first-order valence-corrected chi connectivity index (χ1v) is 3.00. The standard InChI is InChI=1S/C4H4N4O4/c9-3-4(10)8(6-12)2-1-7(3)5-11/h1-2H2. The van der Waals surface area contributed by atoms with Gasteiger partial charge in [0.05, 0.1) is 23.7 Å². The molecule has 1 fully saturated rings. The molecule has 0 aromatic rings. The number of carbonyl (C=O) groups is 2. The molecule has 1 heterocycles. The molecular weight excluding hydrogens is 168 g/mol. The van der Waals surface area contributed by atoms with Crippen LogP contribution in [0.25, 0.3) is 0 Å². The topological polar surface area (TPSA) is 99.5 Å². The van der Waals surface area contributed by atoms with E-state index in [0.29, 0.717) is 10.0 Å². The number of hydrogen-bond donors (Lipinski definition) is 0. The summed E-state index contributed by atoms with van der Waals surface area (Å²) in [6, 6.07) is 0. The Balaban J connectivity index is 2.78. The average Bonchev–Trinajstić information content (AvgIpc) is 2.10. The van der Waals surface area contributed by atoms with Crippen LogP contribution in [0.15, 0.2) is 10.6 Å². The quantitative estimate of drug-likeness (QED) is 0.394. The molecule has 0 bridgehead atoms. The van der Waals surface area contributed by atoms with Gasteiger partial charge in [-0.15, -0.1) is 9.81 Å². The molecule has 8 heteroatoms. The van der Waals surface area contributed by atoms with Crippen LogP contribution in [0.1, 0.15) is 0 Å². The van der Waals surface area contributed by atoms with E-state index in [4.69, 9.17) is 0 Å². The summed E-state index contributed by atoms with van der Waals surface area (Å²) in [4.78, 5) is 41.3. The van der Waals surface area contributed by atoms with Gasteiger partial charge < -0.3 is 0 Å². The monoisotopic (exact) mass is 172 g/mol. The molecular formula is C4H4N4O4. The van der Waals surface area contributed by atoms with Gasteiger partial charge in [-0.05, 0) is 0 Å². The second-order valence-corrected chi connectivity index (χ2v) is 2.02. The molecule has 0 radical (unpaired) electrons. The normalized spacial score (nSPS) is 18.0. The van der Waals surface area contributed by atoms with Gasteiger partial charge in [0, 0.05) is 0 Å². The number of nitrogens with zero attached hydrogens (tertiary/aromatic N) is 4. The first kappa shape index (κ1) is 8.24. The lowest BCUT2D eigenvalue weighted by Gasteiger charge is -2.22. The van der Waals surface area contributed by atoms with E-state index in [9.17, 15) is 19.4 Å². The Labute approximate surface area is 66.0 Å². The van der Waals surface area contributed by atoms with Crippen LogP contribution in [0, 0.1) is 9.81 Å². The summed E-state index contributed by atoms with van der Waals surface area (Å²) >= 11 is 0. The Bertz CT molecular complexity index is 225. The van der Waals surface area contributed by atoms with E-state index in [0.717, 1.165) is 0 Å². The van der Waals surface area contributed by atoms with Crippen molar-refractivity contribution < 1.29 is 9.59 Å². The third kappa shape index (κ3) is 1.13. The fraction of sp³-hybridized carbons (Fsp3) is 0.500. The molecule has 1 saturated heterocycles. The highest BCUT2D eigenvalue weighted by Crippen LogP contribution is 2.04. The Morgan fingerprint density at radius 1 is 0.917 bits per heavy atom. The smallest absolute Gasteiger partial charge is 0.261 e. The third-order valence-corrected chi connectivity index (χ3v) is 1.37. The Morgan fingerprint density at radius 2 is 1.25 bits per heavy atom. The third-order valence-electron chi connectivity index (χ3n) is 1.37. The fourth-order valence-electron chi connectivity index (χ4n) is 0.769. The molecule has 2 amide bonds. The highest BCUT2D eigenvalue weighted by Gasteiger charge is 2.34. The van der Waals surface area contributed by atoms with Crippen molar-refractivity contribution in [3.8, 4) is 0 Å². The predicted molar refractivity (Wildman–Crippen MR) is 35.0 cm³/mol. The Kier molecular flexibility index (Phi) is 2.08. The summed E-state index contributed by atoms with van der Waals surface area (Å²) < 4.78 is 0. The molecule has 1 rings (SSSR count). The summed E-state index contributed by atoms with van der Waals surface area (Å²) in [6.45, 7) is -0.195. The molecule has 0 atom stereocenters. The minimum atomic E-state index is -1.13. The lowest BCUT2D eigenvalue weighted by atomic mass is 10.4. The first-order valence-electron chi connectivity index (χ1n) is 3.00. The van der Waals surface area contributed by atoms with Crippen LogP contribution in [-0.4, -0.2) is 34.9 Å². The summed E-state index contributed by atoms with van der Waals surface area (Å²) in [5.41, 5.74) is 0. The number of nitroso groups, excluding NO2 is 2. The van der Waals surface area contributed by atoms with E-state index >= 15 is 0 Å². The van der Waals surface area contributed by atoms with Gasteiger partial charge in [0.25, 0.3) is 0 Å². The second kappa shape index (κ2) is 3.03. The van der Waals surface area contributed by atoms with E-state index < -0.39 is 11.8 Å². The number of carbonyl (C=O) groups excluding carboxylic acids is 2. The van der Waals surface area contributed by atoms with Crippen LogP contribution in [0.5, 0.6) is 0 Å². The minimum Gasteiger partial charge on any atom is -0.261 e. The number of piperazine rings is 1. The maximum Gasteiger partial charge on any atom is 0.336 e. The zero-order valence-electron chi connectivity index (χ0n) is 5.84. The van der Waals surface area contributed by atoms with Crippen molar-refractivity contribution >= 4 is 11.8 Å². The van der Waals surface area contributed by atoms with Crippen molar-refractivity contribution in [3.63, 3.8) is 0 Å². The zero-order valence-corrected chi connectivity index (χ0v) is 5.84.